The molecule has 0 bridgehead atoms. The molecule has 1 fully saturated rings. The molecule has 1 aliphatic carbocycles. The van der Waals surface area contributed by atoms with Crippen LogP contribution in [0, 0.1) is 5.92 Å². The molecule has 0 radical (unpaired) electrons. The van der Waals surface area contributed by atoms with Gasteiger partial charge in [-0.1, -0.05) is 12.8 Å². The van der Waals surface area contributed by atoms with Crippen LogP contribution in [0.25, 0.3) is 0 Å². The van der Waals surface area contributed by atoms with Crippen molar-refractivity contribution in [3.05, 3.63) is 0 Å². The number of nitrogens with zero attached hydrogens (tertiary/aromatic N) is 1. The molecular weight excluding hydrogens is 188 g/mol. The average Bonchev–Trinajstić information content (AvgIpc) is 2.70. The Morgan fingerprint density at radius 1 is 1.47 bits per heavy atom. The maximum atomic E-state index is 11.2. The van der Waals surface area contributed by atoms with Crippen LogP contribution in [0.3, 0.4) is 0 Å². The molecule has 0 aromatic heterocycles. The third-order valence-corrected chi connectivity index (χ3v) is 3.53. The van der Waals surface area contributed by atoms with Gasteiger partial charge >= 0.3 is 0 Å². The van der Waals surface area contributed by atoms with Crippen molar-refractivity contribution < 1.29 is 4.79 Å². The van der Waals surface area contributed by atoms with E-state index in [2.05, 4.69) is 24.2 Å². The van der Waals surface area contributed by atoms with E-state index < -0.39 is 0 Å². The van der Waals surface area contributed by atoms with Crippen molar-refractivity contribution in [1.29, 1.82) is 0 Å². The van der Waals surface area contributed by atoms with E-state index in [1.165, 1.54) is 25.7 Å². The van der Waals surface area contributed by atoms with Crippen LogP contribution in [0.2, 0.25) is 0 Å². The molecule has 0 unspecified atom stereocenters. The second-order valence-corrected chi connectivity index (χ2v) is 4.82. The van der Waals surface area contributed by atoms with Crippen LogP contribution >= 0.6 is 0 Å². The highest BCUT2D eigenvalue weighted by Crippen LogP contribution is 2.25. The van der Waals surface area contributed by atoms with Crippen LogP contribution in [0.1, 0.15) is 39.0 Å². The summed E-state index contributed by atoms with van der Waals surface area (Å²) in [6.07, 6.45) is 6.14. The average molecular weight is 212 g/mol. The Labute approximate surface area is 93.2 Å². The molecular formula is C12H24N2O. The number of nitrogens with one attached hydrogen (secondary N) is 1. The number of rotatable bonds is 5. The van der Waals surface area contributed by atoms with Gasteiger partial charge in [0.25, 0.3) is 0 Å². The fourth-order valence-electron chi connectivity index (χ4n) is 2.31. The maximum absolute atomic E-state index is 11.2. The van der Waals surface area contributed by atoms with Crippen molar-refractivity contribution in [1.82, 2.24) is 10.2 Å². The zero-order chi connectivity index (χ0) is 11.3. The van der Waals surface area contributed by atoms with E-state index in [4.69, 9.17) is 0 Å². The van der Waals surface area contributed by atoms with Crippen LogP contribution in [0.15, 0.2) is 0 Å². The number of amides is 1. The molecule has 1 atom stereocenters. The van der Waals surface area contributed by atoms with Gasteiger partial charge in [-0.3, -0.25) is 4.79 Å². The Hall–Kier alpha value is -0.570. The summed E-state index contributed by atoms with van der Waals surface area (Å²) in [6.45, 7) is 3.28. The Kier molecular flexibility index (Phi) is 5.09. The first-order valence-corrected chi connectivity index (χ1v) is 6.04. The number of carbonyl (C=O) groups excluding carboxylic acids is 1. The fraction of sp³-hybridized carbons (Fsp3) is 0.917. The first-order valence-electron chi connectivity index (χ1n) is 6.04. The Balaban J connectivity index is 2.25. The zero-order valence-corrected chi connectivity index (χ0v) is 10.3. The number of hydrogen-bond acceptors (Lipinski definition) is 2. The summed E-state index contributed by atoms with van der Waals surface area (Å²) < 4.78 is 0. The Morgan fingerprint density at radius 2 is 2.07 bits per heavy atom. The van der Waals surface area contributed by atoms with Gasteiger partial charge in [0, 0.05) is 26.1 Å². The van der Waals surface area contributed by atoms with E-state index in [-0.39, 0.29) is 5.91 Å². The lowest BCUT2D eigenvalue weighted by molar-refractivity contribution is -0.121. The summed E-state index contributed by atoms with van der Waals surface area (Å²) in [4.78, 5) is 13.6. The summed E-state index contributed by atoms with van der Waals surface area (Å²) in [5, 5.41) is 2.68. The standard InChI is InChI=1S/C12H24N2O/c1-10(8-12(15)13-2)14(3)9-11-6-4-5-7-11/h10-11H,4-9H2,1-3H3,(H,13,15)/t10-/m1/s1. The second-order valence-electron chi connectivity index (χ2n) is 4.82. The molecule has 3 heteroatoms. The van der Waals surface area contributed by atoms with Crippen molar-refractivity contribution in [2.45, 2.75) is 45.1 Å². The van der Waals surface area contributed by atoms with Crippen molar-refractivity contribution in [3.8, 4) is 0 Å². The predicted molar refractivity (Wildman–Crippen MR) is 62.7 cm³/mol. The summed E-state index contributed by atoms with van der Waals surface area (Å²) in [6, 6.07) is 0.352. The van der Waals surface area contributed by atoms with Gasteiger partial charge < -0.3 is 10.2 Å². The number of carbonyl (C=O) groups is 1. The van der Waals surface area contributed by atoms with Crippen LogP contribution < -0.4 is 5.32 Å². The monoisotopic (exact) mass is 212 g/mol. The summed E-state index contributed by atoms with van der Waals surface area (Å²) in [7, 11) is 3.83. The highest BCUT2D eigenvalue weighted by Gasteiger charge is 2.20. The van der Waals surface area contributed by atoms with Crippen LogP contribution in [0.5, 0.6) is 0 Å². The smallest absolute Gasteiger partial charge is 0.221 e. The molecule has 1 N–H and O–H groups in total. The van der Waals surface area contributed by atoms with Gasteiger partial charge in [0.1, 0.15) is 0 Å². The van der Waals surface area contributed by atoms with Gasteiger partial charge in [0.15, 0.2) is 0 Å². The van der Waals surface area contributed by atoms with Crippen LogP contribution in [-0.2, 0) is 4.79 Å². The topological polar surface area (TPSA) is 32.3 Å². The molecule has 0 aromatic rings. The van der Waals surface area contributed by atoms with Gasteiger partial charge in [-0.25, -0.2) is 0 Å². The second kappa shape index (κ2) is 6.11. The highest BCUT2D eigenvalue weighted by molar-refractivity contribution is 5.76. The molecule has 0 saturated heterocycles. The van der Waals surface area contributed by atoms with E-state index in [0.29, 0.717) is 12.5 Å². The van der Waals surface area contributed by atoms with Crippen molar-refractivity contribution in [2.75, 3.05) is 20.6 Å². The van der Waals surface area contributed by atoms with Gasteiger partial charge in [-0.05, 0) is 32.7 Å². The van der Waals surface area contributed by atoms with Crippen molar-refractivity contribution in [2.24, 2.45) is 5.92 Å². The minimum Gasteiger partial charge on any atom is -0.359 e. The minimum atomic E-state index is 0.140. The lowest BCUT2D eigenvalue weighted by atomic mass is 10.1. The third-order valence-electron chi connectivity index (χ3n) is 3.53. The zero-order valence-electron chi connectivity index (χ0n) is 10.3. The summed E-state index contributed by atoms with van der Waals surface area (Å²) in [5.41, 5.74) is 0. The summed E-state index contributed by atoms with van der Waals surface area (Å²) in [5.74, 6) is 1.00. The van der Waals surface area contributed by atoms with Crippen molar-refractivity contribution in [3.63, 3.8) is 0 Å². The molecule has 15 heavy (non-hydrogen) atoms. The van der Waals surface area contributed by atoms with E-state index in [9.17, 15) is 4.79 Å². The minimum absolute atomic E-state index is 0.140. The lowest BCUT2D eigenvalue weighted by Gasteiger charge is -2.26. The molecule has 1 amide bonds. The third kappa shape index (κ3) is 4.20. The van der Waals surface area contributed by atoms with E-state index >= 15 is 0 Å². The SMILES string of the molecule is CNC(=O)C[C@@H](C)N(C)CC1CCCC1. The quantitative estimate of drug-likeness (QED) is 0.751. The first-order chi connectivity index (χ1) is 7.13. The maximum Gasteiger partial charge on any atom is 0.221 e. The molecule has 1 saturated carbocycles. The number of hydrogen-bond donors (Lipinski definition) is 1. The molecule has 1 aliphatic rings. The van der Waals surface area contributed by atoms with E-state index in [0.717, 1.165) is 12.5 Å². The van der Waals surface area contributed by atoms with Gasteiger partial charge in [-0.15, -0.1) is 0 Å². The van der Waals surface area contributed by atoms with Gasteiger partial charge in [0.05, 0.1) is 0 Å². The normalized spacial score (nSPS) is 19.5. The van der Waals surface area contributed by atoms with Gasteiger partial charge in [0.2, 0.25) is 5.91 Å². The van der Waals surface area contributed by atoms with Crippen LogP contribution in [0.4, 0.5) is 0 Å². The van der Waals surface area contributed by atoms with E-state index in [1.54, 1.807) is 7.05 Å². The molecule has 88 valence electrons. The molecule has 0 spiro atoms. The first kappa shape index (κ1) is 12.5. The molecule has 0 aliphatic heterocycles. The predicted octanol–water partition coefficient (Wildman–Crippen LogP) is 1.63. The lowest BCUT2D eigenvalue weighted by Crippen LogP contribution is -2.36. The van der Waals surface area contributed by atoms with Crippen molar-refractivity contribution >= 4 is 5.91 Å². The fourth-order valence-corrected chi connectivity index (χ4v) is 2.31. The Morgan fingerprint density at radius 3 is 2.60 bits per heavy atom. The van der Waals surface area contributed by atoms with Crippen LogP contribution in [-0.4, -0.2) is 37.5 Å². The Bertz CT molecular complexity index is 200. The molecule has 0 aromatic carbocycles. The van der Waals surface area contributed by atoms with Gasteiger partial charge in [-0.2, -0.15) is 0 Å². The molecule has 1 rings (SSSR count). The highest BCUT2D eigenvalue weighted by atomic mass is 16.1. The molecule has 3 nitrogen and oxygen atoms in total. The molecule has 0 heterocycles. The summed E-state index contributed by atoms with van der Waals surface area (Å²) >= 11 is 0. The van der Waals surface area contributed by atoms with E-state index in [1.807, 2.05) is 0 Å². The largest absolute Gasteiger partial charge is 0.359 e.